The molecule has 3 heterocycles. The van der Waals surface area contributed by atoms with Gasteiger partial charge in [0, 0.05) is 30.5 Å². The van der Waals surface area contributed by atoms with Gasteiger partial charge in [0.15, 0.2) is 6.10 Å². The highest BCUT2D eigenvalue weighted by molar-refractivity contribution is 5.89. The Balaban J connectivity index is 1.62. The van der Waals surface area contributed by atoms with E-state index in [4.69, 9.17) is 13.9 Å². The van der Waals surface area contributed by atoms with Gasteiger partial charge in [0.2, 0.25) is 0 Å². The molecule has 2 aromatic rings. The fourth-order valence-corrected chi connectivity index (χ4v) is 4.15. The van der Waals surface area contributed by atoms with E-state index in [0.29, 0.717) is 28.7 Å². The van der Waals surface area contributed by atoms with Gasteiger partial charge in [-0.2, -0.15) is 0 Å². The molecule has 2 aliphatic rings. The highest BCUT2D eigenvalue weighted by atomic mass is 16.5. The van der Waals surface area contributed by atoms with Crippen LogP contribution in [0.15, 0.2) is 21.3 Å². The molecule has 2 fully saturated rings. The zero-order valence-electron chi connectivity index (χ0n) is 16.2. The molecule has 1 aromatic carbocycles. The first-order valence-corrected chi connectivity index (χ1v) is 9.43. The van der Waals surface area contributed by atoms with E-state index in [9.17, 15) is 9.59 Å². The van der Waals surface area contributed by atoms with Crippen molar-refractivity contribution < 1.29 is 18.7 Å². The molecule has 3 atom stereocenters. The number of hydrogen-bond acceptors (Lipinski definition) is 5. The Morgan fingerprint density at radius 1 is 1.15 bits per heavy atom. The van der Waals surface area contributed by atoms with E-state index in [1.165, 1.54) is 0 Å². The molecule has 144 valence electrons. The van der Waals surface area contributed by atoms with Crippen LogP contribution in [0, 0.1) is 32.6 Å². The second-order valence-electron chi connectivity index (χ2n) is 7.84. The van der Waals surface area contributed by atoms with E-state index in [1.807, 2.05) is 30.9 Å². The molecule has 0 N–H and O–H groups in total. The second kappa shape index (κ2) is 6.68. The maximum Gasteiger partial charge on any atom is 0.339 e. The van der Waals surface area contributed by atoms with Crippen molar-refractivity contribution in [3.8, 4) is 5.75 Å². The van der Waals surface area contributed by atoms with Crippen LogP contribution in [0.25, 0.3) is 11.0 Å². The highest BCUT2D eigenvalue weighted by Gasteiger charge is 2.40. The van der Waals surface area contributed by atoms with E-state index in [1.54, 1.807) is 13.8 Å². The van der Waals surface area contributed by atoms with E-state index in [-0.39, 0.29) is 11.5 Å². The summed E-state index contributed by atoms with van der Waals surface area (Å²) < 4.78 is 17.0. The first-order valence-electron chi connectivity index (χ1n) is 9.43. The Kier molecular flexibility index (Phi) is 4.46. The minimum atomic E-state index is -0.610. The fraction of sp³-hybridized carbons (Fsp3) is 0.524. The molecular weight excluding hydrogens is 346 g/mol. The Morgan fingerprint density at radius 3 is 2.48 bits per heavy atom. The molecular formula is C21H25NO5. The van der Waals surface area contributed by atoms with Crippen molar-refractivity contribution >= 4 is 16.9 Å². The third-order valence-corrected chi connectivity index (χ3v) is 5.86. The van der Waals surface area contributed by atoms with Crippen LogP contribution in [-0.2, 0) is 9.53 Å². The number of aryl methyl sites for hydroxylation is 2. The molecule has 4 rings (SSSR count). The number of rotatable bonds is 3. The summed E-state index contributed by atoms with van der Waals surface area (Å²) in [5, 5.41) is 0.754. The van der Waals surface area contributed by atoms with Gasteiger partial charge in [0.1, 0.15) is 11.3 Å². The lowest BCUT2D eigenvalue weighted by molar-refractivity contribution is -0.137. The van der Waals surface area contributed by atoms with E-state index in [2.05, 4.69) is 0 Å². The lowest BCUT2D eigenvalue weighted by Crippen LogP contribution is -2.40. The van der Waals surface area contributed by atoms with Crippen LogP contribution in [0.3, 0.4) is 0 Å². The first-order chi connectivity index (χ1) is 12.8. The molecule has 0 spiro atoms. The number of nitrogens with zero attached hydrogens (tertiary/aromatic N) is 1. The van der Waals surface area contributed by atoms with Crippen molar-refractivity contribution in [1.29, 1.82) is 0 Å². The quantitative estimate of drug-likeness (QED) is 0.776. The summed E-state index contributed by atoms with van der Waals surface area (Å²) in [6.45, 7) is 10.3. The van der Waals surface area contributed by atoms with Gasteiger partial charge in [-0.15, -0.1) is 0 Å². The number of hydrogen-bond donors (Lipinski definition) is 0. The molecule has 6 heteroatoms. The Hall–Kier alpha value is -2.34. The SMILES string of the molecule is Cc1cc(OC(C)C(=O)N2C[C@H]3COC[C@H]3C2)c2c(C)c(C)c(=O)oc2c1. The first kappa shape index (κ1) is 18.0. The Labute approximate surface area is 158 Å². The number of carbonyl (C=O) groups excluding carboxylic acids is 1. The van der Waals surface area contributed by atoms with Gasteiger partial charge in [0.25, 0.3) is 5.91 Å². The fourth-order valence-electron chi connectivity index (χ4n) is 4.15. The zero-order valence-corrected chi connectivity index (χ0v) is 16.2. The highest BCUT2D eigenvalue weighted by Crippen LogP contribution is 2.33. The maximum absolute atomic E-state index is 12.9. The minimum Gasteiger partial charge on any atom is -0.480 e. The van der Waals surface area contributed by atoms with Gasteiger partial charge < -0.3 is 18.8 Å². The van der Waals surface area contributed by atoms with Gasteiger partial charge in [-0.1, -0.05) is 0 Å². The average Bonchev–Trinajstić information content (AvgIpc) is 3.20. The van der Waals surface area contributed by atoms with Crippen molar-refractivity contribution in [3.05, 3.63) is 39.2 Å². The monoisotopic (exact) mass is 371 g/mol. The summed E-state index contributed by atoms with van der Waals surface area (Å²) in [5.41, 5.74) is 2.44. The summed E-state index contributed by atoms with van der Waals surface area (Å²) in [6.07, 6.45) is -0.610. The molecule has 0 bridgehead atoms. The number of fused-ring (bicyclic) bond motifs is 2. The predicted molar refractivity (Wildman–Crippen MR) is 101 cm³/mol. The normalized spacial score (nSPS) is 22.9. The summed E-state index contributed by atoms with van der Waals surface area (Å²) in [5.74, 6) is 1.46. The number of benzene rings is 1. The van der Waals surface area contributed by atoms with Crippen molar-refractivity contribution in [1.82, 2.24) is 4.90 Å². The molecule has 6 nitrogen and oxygen atoms in total. The molecule has 0 saturated carbocycles. The molecule has 2 aliphatic heterocycles. The predicted octanol–water partition coefficient (Wildman–Crippen LogP) is 2.59. The van der Waals surface area contributed by atoms with Crippen LogP contribution in [-0.4, -0.2) is 43.2 Å². The summed E-state index contributed by atoms with van der Waals surface area (Å²) in [7, 11) is 0. The summed E-state index contributed by atoms with van der Waals surface area (Å²) in [4.78, 5) is 26.8. The average molecular weight is 371 g/mol. The maximum atomic E-state index is 12.9. The van der Waals surface area contributed by atoms with Gasteiger partial charge in [-0.25, -0.2) is 4.79 Å². The zero-order chi connectivity index (χ0) is 19.3. The topological polar surface area (TPSA) is 69.0 Å². The van der Waals surface area contributed by atoms with Crippen LogP contribution in [0.2, 0.25) is 0 Å². The number of ether oxygens (including phenoxy) is 2. The molecule has 1 aromatic heterocycles. The van der Waals surface area contributed by atoms with Gasteiger partial charge >= 0.3 is 5.63 Å². The van der Waals surface area contributed by atoms with E-state index in [0.717, 1.165) is 42.8 Å². The lowest BCUT2D eigenvalue weighted by Gasteiger charge is -2.23. The van der Waals surface area contributed by atoms with Crippen LogP contribution in [0.4, 0.5) is 0 Å². The van der Waals surface area contributed by atoms with E-state index >= 15 is 0 Å². The number of likely N-dealkylation sites (tertiary alicyclic amines) is 1. The van der Waals surface area contributed by atoms with E-state index < -0.39 is 6.10 Å². The Bertz CT molecular complexity index is 951. The molecule has 1 unspecified atom stereocenters. The van der Waals surface area contributed by atoms with Crippen LogP contribution < -0.4 is 10.4 Å². The van der Waals surface area contributed by atoms with Crippen LogP contribution >= 0.6 is 0 Å². The summed E-state index contributed by atoms with van der Waals surface area (Å²) >= 11 is 0. The third-order valence-electron chi connectivity index (χ3n) is 5.86. The molecule has 0 aliphatic carbocycles. The van der Waals surface area contributed by atoms with Crippen molar-refractivity contribution in [2.24, 2.45) is 11.8 Å². The standard InChI is InChI=1S/C21H25NO5/c1-11-5-17(19-12(2)13(3)21(24)27-18(19)6-11)26-14(4)20(23)22-7-15-9-25-10-16(15)8-22/h5-6,14-16H,7-10H2,1-4H3/t14?,15-,16+. The smallest absolute Gasteiger partial charge is 0.339 e. The summed E-state index contributed by atoms with van der Waals surface area (Å²) in [6, 6.07) is 3.72. The molecule has 1 amide bonds. The lowest BCUT2D eigenvalue weighted by atomic mass is 10.0. The third kappa shape index (κ3) is 3.12. The van der Waals surface area contributed by atoms with Crippen molar-refractivity contribution in [3.63, 3.8) is 0 Å². The van der Waals surface area contributed by atoms with Gasteiger partial charge in [-0.3, -0.25) is 4.79 Å². The van der Waals surface area contributed by atoms with Gasteiger partial charge in [-0.05, 0) is 51.0 Å². The molecule has 0 radical (unpaired) electrons. The second-order valence-corrected chi connectivity index (χ2v) is 7.84. The van der Waals surface area contributed by atoms with Crippen LogP contribution in [0.1, 0.15) is 23.6 Å². The van der Waals surface area contributed by atoms with Crippen LogP contribution in [0.5, 0.6) is 5.75 Å². The van der Waals surface area contributed by atoms with Crippen molar-refractivity contribution in [2.45, 2.75) is 33.8 Å². The van der Waals surface area contributed by atoms with Gasteiger partial charge in [0.05, 0.1) is 18.6 Å². The number of carbonyl (C=O) groups is 1. The largest absolute Gasteiger partial charge is 0.480 e. The molecule has 2 saturated heterocycles. The van der Waals surface area contributed by atoms with Crippen molar-refractivity contribution in [2.75, 3.05) is 26.3 Å². The molecule has 27 heavy (non-hydrogen) atoms. The number of amides is 1. The minimum absolute atomic E-state index is 0.00850. The Morgan fingerprint density at radius 2 is 1.81 bits per heavy atom.